The predicted molar refractivity (Wildman–Crippen MR) is 86.3 cm³/mol. The fraction of sp³-hybridized carbons (Fsp3) is 0.333. The molecule has 0 saturated heterocycles. The van der Waals surface area contributed by atoms with Crippen LogP contribution in [-0.2, 0) is 5.41 Å². The van der Waals surface area contributed by atoms with Crippen molar-refractivity contribution in [3.63, 3.8) is 0 Å². The lowest BCUT2D eigenvalue weighted by atomic mass is 9.69. The minimum absolute atomic E-state index is 0.0721. The second-order valence-electron chi connectivity index (χ2n) is 6.61. The molecule has 1 aliphatic carbocycles. The van der Waals surface area contributed by atoms with Crippen LogP contribution in [0.15, 0.2) is 42.5 Å². The fourth-order valence-corrected chi connectivity index (χ4v) is 3.84. The van der Waals surface area contributed by atoms with Gasteiger partial charge in [-0.3, -0.25) is 0 Å². The van der Waals surface area contributed by atoms with Gasteiger partial charge in [0.15, 0.2) is 0 Å². The fourth-order valence-electron chi connectivity index (χ4n) is 3.67. The van der Waals surface area contributed by atoms with E-state index in [9.17, 15) is 0 Å². The molecule has 2 aliphatic rings. The maximum Gasteiger partial charge on any atom is 0.144 e. The number of hydrogen-bond acceptors (Lipinski definition) is 2. The van der Waals surface area contributed by atoms with E-state index in [2.05, 4.69) is 43.4 Å². The summed E-state index contributed by atoms with van der Waals surface area (Å²) in [5.74, 6) is 0.884. The summed E-state index contributed by atoms with van der Waals surface area (Å²) >= 11 is 6.09. The summed E-state index contributed by atoms with van der Waals surface area (Å²) in [5.41, 5.74) is 3.83. The van der Waals surface area contributed by atoms with Crippen LogP contribution in [0, 0.1) is 0 Å². The molecule has 0 fully saturated rings. The summed E-state index contributed by atoms with van der Waals surface area (Å²) in [6, 6.07) is 14.7. The Morgan fingerprint density at radius 2 is 2.00 bits per heavy atom. The van der Waals surface area contributed by atoms with E-state index in [1.54, 1.807) is 0 Å². The molecule has 2 aromatic rings. The average molecular weight is 300 g/mol. The summed E-state index contributed by atoms with van der Waals surface area (Å²) in [5, 5.41) is 4.36. The maximum absolute atomic E-state index is 6.29. The predicted octanol–water partition coefficient (Wildman–Crippen LogP) is 4.94. The Morgan fingerprint density at radius 3 is 2.86 bits per heavy atom. The molecule has 0 saturated carbocycles. The number of halogens is 1. The minimum atomic E-state index is 0.0721. The van der Waals surface area contributed by atoms with E-state index < -0.39 is 0 Å². The molecule has 1 heterocycles. The lowest BCUT2D eigenvalue weighted by Gasteiger charge is -2.45. The Bertz CT molecular complexity index is 710. The molecule has 4 rings (SSSR count). The van der Waals surface area contributed by atoms with Crippen molar-refractivity contribution in [3.8, 4) is 5.75 Å². The Balaban J connectivity index is 1.82. The van der Waals surface area contributed by atoms with Crippen molar-refractivity contribution >= 4 is 17.3 Å². The smallest absolute Gasteiger partial charge is 0.144 e. The van der Waals surface area contributed by atoms with Crippen molar-refractivity contribution in [3.05, 3.63) is 58.6 Å². The Morgan fingerprint density at radius 1 is 1.19 bits per heavy atom. The molecular weight excluding hydrogens is 282 g/mol. The highest BCUT2D eigenvalue weighted by atomic mass is 35.5. The van der Waals surface area contributed by atoms with Crippen LogP contribution in [-0.4, -0.2) is 6.04 Å². The van der Waals surface area contributed by atoms with Gasteiger partial charge in [-0.15, -0.1) is 0 Å². The monoisotopic (exact) mass is 299 g/mol. The second kappa shape index (κ2) is 4.41. The Kier molecular flexibility index (Phi) is 2.74. The quantitative estimate of drug-likeness (QED) is 0.744. The Labute approximate surface area is 130 Å². The van der Waals surface area contributed by atoms with E-state index in [4.69, 9.17) is 16.3 Å². The molecule has 2 unspecified atom stereocenters. The molecule has 3 heteroatoms. The van der Waals surface area contributed by atoms with Crippen molar-refractivity contribution in [1.29, 1.82) is 0 Å². The zero-order valence-corrected chi connectivity index (χ0v) is 12.9. The number of nitrogens with one attached hydrogen (secondary N) is 1. The molecule has 0 spiro atoms. The van der Waals surface area contributed by atoms with Crippen LogP contribution in [0.1, 0.15) is 37.5 Å². The molecule has 0 bridgehead atoms. The van der Waals surface area contributed by atoms with Gasteiger partial charge in [-0.25, -0.2) is 0 Å². The van der Waals surface area contributed by atoms with Gasteiger partial charge in [0, 0.05) is 5.02 Å². The van der Waals surface area contributed by atoms with E-state index in [0.717, 1.165) is 22.9 Å². The first-order chi connectivity index (χ1) is 10.0. The number of hydrogen-bond donors (Lipinski definition) is 1. The van der Waals surface area contributed by atoms with E-state index in [1.165, 1.54) is 11.1 Å². The molecule has 2 aromatic carbocycles. The molecule has 2 nitrogen and oxygen atoms in total. The van der Waals surface area contributed by atoms with Crippen LogP contribution < -0.4 is 10.1 Å². The van der Waals surface area contributed by atoms with Crippen LogP contribution in [0.25, 0.3) is 0 Å². The highest BCUT2D eigenvalue weighted by Crippen LogP contribution is 2.48. The summed E-state index contributed by atoms with van der Waals surface area (Å²) in [7, 11) is 0. The Hall–Kier alpha value is -1.67. The summed E-state index contributed by atoms with van der Waals surface area (Å²) in [6.45, 7) is 4.61. The number of benzene rings is 2. The highest BCUT2D eigenvalue weighted by molar-refractivity contribution is 6.30. The third-order valence-electron chi connectivity index (χ3n) is 4.63. The topological polar surface area (TPSA) is 21.3 Å². The van der Waals surface area contributed by atoms with Gasteiger partial charge in [-0.05, 0) is 41.2 Å². The van der Waals surface area contributed by atoms with Crippen molar-refractivity contribution in [1.82, 2.24) is 0 Å². The van der Waals surface area contributed by atoms with Crippen molar-refractivity contribution in [2.45, 2.75) is 37.8 Å². The van der Waals surface area contributed by atoms with Crippen LogP contribution in [0.3, 0.4) is 0 Å². The first kappa shape index (κ1) is 13.0. The van der Waals surface area contributed by atoms with Gasteiger partial charge in [0.2, 0.25) is 0 Å². The molecule has 0 aromatic heterocycles. The molecule has 21 heavy (non-hydrogen) atoms. The van der Waals surface area contributed by atoms with E-state index in [1.807, 2.05) is 18.2 Å². The zero-order chi connectivity index (χ0) is 14.6. The van der Waals surface area contributed by atoms with Crippen LogP contribution in [0.2, 0.25) is 5.02 Å². The van der Waals surface area contributed by atoms with Crippen LogP contribution in [0.4, 0.5) is 5.69 Å². The van der Waals surface area contributed by atoms with Crippen LogP contribution >= 0.6 is 11.6 Å². The molecule has 2 atom stereocenters. The second-order valence-corrected chi connectivity index (χ2v) is 7.04. The summed E-state index contributed by atoms with van der Waals surface area (Å²) in [4.78, 5) is 0. The van der Waals surface area contributed by atoms with Crippen LogP contribution in [0.5, 0.6) is 5.75 Å². The highest BCUT2D eigenvalue weighted by Gasteiger charge is 2.42. The first-order valence-corrected chi connectivity index (χ1v) is 7.74. The SMILES string of the molecule is CC1(C)CC2Nc3cc(Cl)ccc3OC2c2ccccc21. The summed E-state index contributed by atoms with van der Waals surface area (Å²) < 4.78 is 6.29. The molecule has 108 valence electrons. The number of anilines is 1. The first-order valence-electron chi connectivity index (χ1n) is 7.37. The number of fused-ring (bicyclic) bond motifs is 4. The lowest BCUT2D eigenvalue weighted by molar-refractivity contribution is 0.138. The number of rotatable bonds is 0. The van der Waals surface area contributed by atoms with Crippen molar-refractivity contribution in [2.24, 2.45) is 0 Å². The largest absolute Gasteiger partial charge is 0.481 e. The van der Waals surface area contributed by atoms with E-state index >= 15 is 0 Å². The van der Waals surface area contributed by atoms with Gasteiger partial charge in [0.05, 0.1) is 11.7 Å². The van der Waals surface area contributed by atoms with Gasteiger partial charge in [0.25, 0.3) is 0 Å². The van der Waals surface area contributed by atoms with E-state index in [0.29, 0.717) is 0 Å². The van der Waals surface area contributed by atoms with Crippen molar-refractivity contribution in [2.75, 3.05) is 5.32 Å². The normalized spacial score (nSPS) is 24.9. The van der Waals surface area contributed by atoms with Gasteiger partial charge >= 0.3 is 0 Å². The molecular formula is C18H18ClNO. The standard InChI is InChI=1S/C18H18ClNO/c1-18(2)10-15-17(12-5-3-4-6-13(12)18)21-16-8-7-11(19)9-14(16)20-15/h3-9,15,17,20H,10H2,1-2H3. The van der Waals surface area contributed by atoms with Gasteiger partial charge < -0.3 is 10.1 Å². The van der Waals surface area contributed by atoms with Crippen molar-refractivity contribution < 1.29 is 4.74 Å². The zero-order valence-electron chi connectivity index (χ0n) is 12.2. The molecule has 1 N–H and O–H groups in total. The molecule has 0 amide bonds. The molecule has 1 aliphatic heterocycles. The average Bonchev–Trinajstić information content (AvgIpc) is 2.45. The third kappa shape index (κ3) is 2.01. The molecule has 0 radical (unpaired) electrons. The van der Waals surface area contributed by atoms with Gasteiger partial charge in [-0.2, -0.15) is 0 Å². The van der Waals surface area contributed by atoms with E-state index in [-0.39, 0.29) is 17.6 Å². The maximum atomic E-state index is 6.29. The number of ether oxygens (including phenoxy) is 1. The van der Waals surface area contributed by atoms with Gasteiger partial charge in [0.1, 0.15) is 11.9 Å². The lowest BCUT2D eigenvalue weighted by Crippen LogP contribution is -2.44. The minimum Gasteiger partial charge on any atom is -0.481 e. The third-order valence-corrected chi connectivity index (χ3v) is 4.86. The summed E-state index contributed by atoms with van der Waals surface area (Å²) in [6.07, 6.45) is 1.11. The van der Waals surface area contributed by atoms with Gasteiger partial charge in [-0.1, -0.05) is 49.7 Å².